The fourth-order valence-electron chi connectivity index (χ4n) is 2.07. The molecule has 0 saturated heterocycles. The molecule has 1 aromatic carbocycles. The van der Waals surface area contributed by atoms with Gasteiger partial charge >= 0.3 is 0 Å². The van der Waals surface area contributed by atoms with E-state index in [-0.39, 0.29) is 19.2 Å². The van der Waals surface area contributed by atoms with Crippen molar-refractivity contribution in [2.75, 3.05) is 5.32 Å². The molecule has 0 spiro atoms. The molecule has 1 N–H and O–H groups in total. The number of halogens is 1. The highest BCUT2D eigenvalue weighted by Gasteiger charge is 2.06. The maximum absolute atomic E-state index is 12.0. The molecule has 124 valence electrons. The topological polar surface area (TPSA) is 74.0 Å². The Morgan fingerprint density at radius 3 is 2.75 bits per heavy atom. The maximum atomic E-state index is 12.0. The van der Waals surface area contributed by atoms with Gasteiger partial charge in [-0.3, -0.25) is 9.48 Å². The number of anilines is 1. The molecule has 0 saturated carbocycles. The molecule has 1 amide bonds. The summed E-state index contributed by atoms with van der Waals surface area (Å²) in [6.07, 6.45) is 5.06. The largest absolute Gasteiger partial charge is 0.471 e. The second kappa shape index (κ2) is 7.31. The van der Waals surface area contributed by atoms with Crippen LogP contribution in [-0.2, 0) is 18.1 Å². The lowest BCUT2D eigenvalue weighted by Gasteiger charge is -2.06. The third-order valence-corrected chi connectivity index (χ3v) is 3.70. The van der Waals surface area contributed by atoms with Gasteiger partial charge in [0.1, 0.15) is 12.3 Å². The molecule has 0 bridgehead atoms. The van der Waals surface area contributed by atoms with E-state index in [1.54, 1.807) is 28.0 Å². The van der Waals surface area contributed by atoms with Crippen LogP contribution < -0.4 is 10.1 Å². The van der Waals surface area contributed by atoms with Crippen LogP contribution in [0.1, 0.15) is 5.69 Å². The molecule has 0 unspecified atom stereocenters. The van der Waals surface area contributed by atoms with E-state index in [1.807, 2.05) is 37.3 Å². The summed E-state index contributed by atoms with van der Waals surface area (Å²) < 4.78 is 9.80. The predicted molar refractivity (Wildman–Crippen MR) is 92.6 cm³/mol. The standard InChI is InChI=1S/C16H16BrN5O2/c1-12-6-7-21(20-12)10-16(23)19-14-8-18-22(9-14)11-24-15-4-2-13(17)3-5-15/h2-9H,10-11H2,1H3,(H,19,23). The molecular weight excluding hydrogens is 374 g/mol. The Morgan fingerprint density at radius 2 is 2.04 bits per heavy atom. The minimum Gasteiger partial charge on any atom is -0.471 e. The molecular formula is C16H16BrN5O2. The molecule has 7 nitrogen and oxygen atoms in total. The Balaban J connectivity index is 1.51. The highest BCUT2D eigenvalue weighted by molar-refractivity contribution is 9.10. The van der Waals surface area contributed by atoms with Crippen LogP contribution in [0.4, 0.5) is 5.69 Å². The number of aromatic nitrogens is 4. The zero-order valence-electron chi connectivity index (χ0n) is 13.0. The summed E-state index contributed by atoms with van der Waals surface area (Å²) in [7, 11) is 0. The first kappa shape index (κ1) is 16.3. The van der Waals surface area contributed by atoms with Crippen molar-refractivity contribution >= 4 is 27.5 Å². The van der Waals surface area contributed by atoms with Crippen molar-refractivity contribution in [3.63, 3.8) is 0 Å². The van der Waals surface area contributed by atoms with Crippen molar-refractivity contribution in [1.82, 2.24) is 19.6 Å². The van der Waals surface area contributed by atoms with E-state index in [9.17, 15) is 4.79 Å². The van der Waals surface area contributed by atoms with Gasteiger partial charge in [0, 0.05) is 10.7 Å². The third kappa shape index (κ3) is 4.45. The number of nitrogens with one attached hydrogen (secondary N) is 1. The fourth-order valence-corrected chi connectivity index (χ4v) is 2.33. The molecule has 0 atom stereocenters. The van der Waals surface area contributed by atoms with Crippen molar-refractivity contribution in [3.05, 3.63) is 59.1 Å². The van der Waals surface area contributed by atoms with Crippen molar-refractivity contribution in [2.24, 2.45) is 0 Å². The Labute approximate surface area is 147 Å². The van der Waals surface area contributed by atoms with Crippen LogP contribution in [0.2, 0.25) is 0 Å². The Kier molecular flexibility index (Phi) is 4.95. The number of ether oxygens (including phenoxy) is 1. The molecule has 2 heterocycles. The van der Waals surface area contributed by atoms with Crippen LogP contribution in [0.3, 0.4) is 0 Å². The van der Waals surface area contributed by atoms with Crippen LogP contribution in [0.15, 0.2) is 53.4 Å². The lowest BCUT2D eigenvalue weighted by Crippen LogP contribution is -2.18. The molecule has 3 aromatic rings. The number of hydrogen-bond donors (Lipinski definition) is 1. The van der Waals surface area contributed by atoms with E-state index in [0.29, 0.717) is 5.69 Å². The van der Waals surface area contributed by atoms with Crippen LogP contribution in [-0.4, -0.2) is 25.5 Å². The SMILES string of the molecule is Cc1ccn(CC(=O)Nc2cnn(COc3ccc(Br)cc3)c2)n1. The summed E-state index contributed by atoms with van der Waals surface area (Å²) in [6.45, 7) is 2.30. The molecule has 0 fully saturated rings. The third-order valence-electron chi connectivity index (χ3n) is 3.17. The number of hydrogen-bond acceptors (Lipinski definition) is 4. The highest BCUT2D eigenvalue weighted by Crippen LogP contribution is 2.16. The number of carbonyl (C=O) groups excluding carboxylic acids is 1. The van der Waals surface area contributed by atoms with E-state index >= 15 is 0 Å². The van der Waals surface area contributed by atoms with E-state index in [1.165, 1.54) is 0 Å². The van der Waals surface area contributed by atoms with Crippen molar-refractivity contribution < 1.29 is 9.53 Å². The molecule has 2 aromatic heterocycles. The molecule has 24 heavy (non-hydrogen) atoms. The van der Waals surface area contributed by atoms with E-state index in [4.69, 9.17) is 4.74 Å². The van der Waals surface area contributed by atoms with Crippen LogP contribution in [0.5, 0.6) is 5.75 Å². The minimum absolute atomic E-state index is 0.161. The maximum Gasteiger partial charge on any atom is 0.246 e. The van der Waals surface area contributed by atoms with Gasteiger partial charge in [0.2, 0.25) is 5.91 Å². The van der Waals surface area contributed by atoms with Crippen molar-refractivity contribution in [1.29, 1.82) is 0 Å². The first-order chi connectivity index (χ1) is 11.6. The Bertz CT molecular complexity index is 825. The summed E-state index contributed by atoms with van der Waals surface area (Å²) in [5, 5.41) is 11.1. The normalized spacial score (nSPS) is 10.6. The van der Waals surface area contributed by atoms with Crippen molar-refractivity contribution in [2.45, 2.75) is 20.2 Å². The van der Waals surface area contributed by atoms with E-state index in [2.05, 4.69) is 31.4 Å². The lowest BCUT2D eigenvalue weighted by atomic mass is 10.3. The zero-order chi connectivity index (χ0) is 16.9. The van der Waals surface area contributed by atoms with Gasteiger partial charge < -0.3 is 10.1 Å². The molecule has 0 aliphatic rings. The lowest BCUT2D eigenvalue weighted by molar-refractivity contribution is -0.116. The van der Waals surface area contributed by atoms with Gasteiger partial charge in [-0.25, -0.2) is 4.68 Å². The number of amides is 1. The summed E-state index contributed by atoms with van der Waals surface area (Å²) in [5.41, 5.74) is 1.49. The van der Waals surface area contributed by atoms with Crippen molar-refractivity contribution in [3.8, 4) is 5.75 Å². The first-order valence-electron chi connectivity index (χ1n) is 7.29. The predicted octanol–water partition coefficient (Wildman–Crippen LogP) is 2.83. The Hall–Kier alpha value is -2.61. The van der Waals surface area contributed by atoms with Gasteiger partial charge in [-0.05, 0) is 37.3 Å². The molecule has 0 aliphatic heterocycles. The van der Waals surface area contributed by atoms with Crippen LogP contribution >= 0.6 is 15.9 Å². The average molecular weight is 390 g/mol. The quantitative estimate of drug-likeness (QED) is 0.703. The molecule has 0 aliphatic carbocycles. The van der Waals surface area contributed by atoms with Gasteiger partial charge in [0.05, 0.1) is 23.8 Å². The highest BCUT2D eigenvalue weighted by atomic mass is 79.9. The fraction of sp³-hybridized carbons (Fsp3) is 0.188. The summed E-state index contributed by atoms with van der Waals surface area (Å²) in [6, 6.07) is 9.39. The molecule has 8 heteroatoms. The average Bonchev–Trinajstić information content (AvgIpc) is 3.16. The monoisotopic (exact) mass is 389 g/mol. The summed E-state index contributed by atoms with van der Waals surface area (Å²) in [4.78, 5) is 12.0. The van der Waals surface area contributed by atoms with Gasteiger partial charge in [0.25, 0.3) is 0 Å². The van der Waals surface area contributed by atoms with Gasteiger partial charge in [-0.1, -0.05) is 15.9 Å². The number of aryl methyl sites for hydroxylation is 1. The van der Waals surface area contributed by atoms with Gasteiger partial charge in [-0.2, -0.15) is 10.2 Å². The number of nitrogens with zero attached hydrogens (tertiary/aromatic N) is 4. The van der Waals surface area contributed by atoms with E-state index < -0.39 is 0 Å². The van der Waals surface area contributed by atoms with Gasteiger partial charge in [-0.15, -0.1) is 0 Å². The Morgan fingerprint density at radius 1 is 1.25 bits per heavy atom. The number of benzene rings is 1. The number of carbonyl (C=O) groups is 1. The summed E-state index contributed by atoms with van der Waals surface area (Å²) >= 11 is 3.37. The zero-order valence-corrected chi connectivity index (χ0v) is 14.6. The smallest absolute Gasteiger partial charge is 0.246 e. The molecule has 0 radical (unpaired) electrons. The van der Waals surface area contributed by atoms with Gasteiger partial charge in [0.15, 0.2) is 6.73 Å². The summed E-state index contributed by atoms with van der Waals surface area (Å²) in [5.74, 6) is 0.583. The minimum atomic E-state index is -0.161. The second-order valence-corrected chi connectivity index (χ2v) is 6.11. The first-order valence-corrected chi connectivity index (χ1v) is 8.08. The molecule has 3 rings (SSSR count). The second-order valence-electron chi connectivity index (χ2n) is 5.20. The van der Waals surface area contributed by atoms with Crippen LogP contribution in [0, 0.1) is 6.92 Å². The number of rotatable bonds is 6. The van der Waals surface area contributed by atoms with Crippen LogP contribution in [0.25, 0.3) is 0 Å². The van der Waals surface area contributed by atoms with E-state index in [0.717, 1.165) is 15.9 Å².